The van der Waals surface area contributed by atoms with Crippen molar-refractivity contribution in [3.8, 4) is 0 Å². The molecule has 0 amide bonds. The van der Waals surface area contributed by atoms with E-state index in [4.69, 9.17) is 9.84 Å². The minimum Gasteiger partial charge on any atom is -0.481 e. The van der Waals surface area contributed by atoms with E-state index in [0.29, 0.717) is 0 Å². The molecule has 1 aliphatic rings. The molecule has 0 spiro atoms. The molecule has 0 aromatic rings. The summed E-state index contributed by atoms with van der Waals surface area (Å²) in [7, 11) is 0. The van der Waals surface area contributed by atoms with Gasteiger partial charge in [-0.3, -0.25) is 4.79 Å². The Balaban J connectivity index is 2.51. The molecule has 1 heterocycles. The maximum Gasteiger partial charge on any atom is 0.309 e. The Morgan fingerprint density at radius 2 is 2.18 bits per heavy atom. The Bertz CT molecular complexity index is 149. The van der Waals surface area contributed by atoms with Gasteiger partial charge in [0.05, 0.1) is 12.0 Å². The summed E-state index contributed by atoms with van der Waals surface area (Å²) in [6, 6.07) is 0. The van der Waals surface area contributed by atoms with Gasteiger partial charge in [0, 0.05) is 6.61 Å². The zero-order valence-electron chi connectivity index (χ0n) is 6.91. The van der Waals surface area contributed by atoms with Gasteiger partial charge in [-0.05, 0) is 12.3 Å². The van der Waals surface area contributed by atoms with Crippen LogP contribution in [0.3, 0.4) is 0 Å². The van der Waals surface area contributed by atoms with Crippen LogP contribution in [-0.4, -0.2) is 23.8 Å². The van der Waals surface area contributed by atoms with Crippen LogP contribution in [0.5, 0.6) is 0 Å². The summed E-state index contributed by atoms with van der Waals surface area (Å²) < 4.78 is 5.13. The minimum absolute atomic E-state index is 0.0347. The maximum absolute atomic E-state index is 10.7. The molecule has 0 saturated carbocycles. The van der Waals surface area contributed by atoms with Gasteiger partial charge in [0.25, 0.3) is 0 Å². The predicted molar refractivity (Wildman–Crippen MR) is 40.3 cm³/mol. The van der Waals surface area contributed by atoms with Crippen LogP contribution in [0.25, 0.3) is 0 Å². The molecule has 1 fully saturated rings. The van der Waals surface area contributed by atoms with Crippen LogP contribution in [-0.2, 0) is 9.53 Å². The van der Waals surface area contributed by atoms with Gasteiger partial charge in [0.15, 0.2) is 0 Å². The molecule has 11 heavy (non-hydrogen) atoms. The number of carboxylic acid groups (broad SMARTS) is 1. The van der Waals surface area contributed by atoms with E-state index < -0.39 is 5.97 Å². The second-order valence-electron chi connectivity index (χ2n) is 3.31. The first-order valence-electron chi connectivity index (χ1n) is 3.97. The fourth-order valence-electron chi connectivity index (χ4n) is 1.41. The van der Waals surface area contributed by atoms with Crippen LogP contribution in [0.4, 0.5) is 0 Å². The molecule has 3 nitrogen and oxygen atoms in total. The van der Waals surface area contributed by atoms with Crippen molar-refractivity contribution >= 4 is 5.97 Å². The first kappa shape index (κ1) is 8.53. The Morgan fingerprint density at radius 3 is 2.27 bits per heavy atom. The van der Waals surface area contributed by atoms with Crippen molar-refractivity contribution in [2.24, 2.45) is 11.8 Å². The lowest BCUT2D eigenvalue weighted by Gasteiger charge is -2.33. The number of carboxylic acids is 1. The van der Waals surface area contributed by atoms with Gasteiger partial charge in [0.1, 0.15) is 0 Å². The quantitative estimate of drug-likeness (QED) is 0.669. The van der Waals surface area contributed by atoms with Crippen LogP contribution < -0.4 is 0 Å². The van der Waals surface area contributed by atoms with Crippen LogP contribution in [0.2, 0.25) is 0 Å². The van der Waals surface area contributed by atoms with E-state index in [-0.39, 0.29) is 17.9 Å². The van der Waals surface area contributed by atoms with Gasteiger partial charge in [0.2, 0.25) is 0 Å². The average Bonchev–Trinajstić information content (AvgIpc) is 1.75. The summed E-state index contributed by atoms with van der Waals surface area (Å²) in [6.07, 6.45) is 0.863. The van der Waals surface area contributed by atoms with Crippen molar-refractivity contribution in [3.05, 3.63) is 0 Å². The summed E-state index contributed by atoms with van der Waals surface area (Å²) >= 11 is 0. The summed E-state index contributed by atoms with van der Waals surface area (Å²) in [6.45, 7) is 4.56. The smallest absolute Gasteiger partial charge is 0.309 e. The third-order valence-electron chi connectivity index (χ3n) is 2.14. The minimum atomic E-state index is -0.732. The highest BCUT2D eigenvalue weighted by atomic mass is 16.5. The van der Waals surface area contributed by atoms with Crippen molar-refractivity contribution in [1.82, 2.24) is 0 Å². The summed E-state index contributed by atoms with van der Waals surface area (Å²) in [5.41, 5.74) is 0. The highest BCUT2D eigenvalue weighted by Gasteiger charge is 2.35. The van der Waals surface area contributed by atoms with Gasteiger partial charge in [-0.25, -0.2) is 0 Å². The van der Waals surface area contributed by atoms with Crippen LogP contribution in [0.1, 0.15) is 20.3 Å². The molecule has 2 atom stereocenters. The molecule has 0 aromatic carbocycles. The van der Waals surface area contributed by atoms with Crippen molar-refractivity contribution in [2.75, 3.05) is 6.61 Å². The molecule has 1 rings (SSSR count). The number of rotatable bonds is 3. The van der Waals surface area contributed by atoms with Gasteiger partial charge in [-0.15, -0.1) is 0 Å². The molecule has 1 aliphatic heterocycles. The molecule has 1 saturated heterocycles. The molecule has 3 heteroatoms. The van der Waals surface area contributed by atoms with E-state index >= 15 is 0 Å². The average molecular weight is 158 g/mol. The Kier molecular flexibility index (Phi) is 2.49. The Labute approximate surface area is 66.4 Å². The molecule has 0 bridgehead atoms. The highest BCUT2D eigenvalue weighted by molar-refractivity contribution is 5.71. The number of aliphatic carboxylic acids is 1. The van der Waals surface area contributed by atoms with Crippen LogP contribution in [0.15, 0.2) is 0 Å². The fraction of sp³-hybridized carbons (Fsp3) is 0.875. The van der Waals surface area contributed by atoms with Crippen molar-refractivity contribution in [2.45, 2.75) is 26.4 Å². The first-order chi connectivity index (χ1) is 5.13. The molecule has 0 aliphatic carbocycles. The van der Waals surface area contributed by atoms with E-state index in [1.54, 1.807) is 0 Å². The summed E-state index contributed by atoms with van der Waals surface area (Å²) in [5, 5.41) is 8.80. The lowest BCUT2D eigenvalue weighted by molar-refractivity contribution is -0.160. The van der Waals surface area contributed by atoms with E-state index in [1.165, 1.54) is 0 Å². The second kappa shape index (κ2) is 3.22. The van der Waals surface area contributed by atoms with Gasteiger partial charge < -0.3 is 9.84 Å². The molecular formula is C8H14O3. The molecular weight excluding hydrogens is 144 g/mol. The van der Waals surface area contributed by atoms with E-state index in [2.05, 4.69) is 0 Å². The first-order valence-corrected chi connectivity index (χ1v) is 3.97. The molecule has 2 unspecified atom stereocenters. The molecule has 0 radical (unpaired) electrons. The number of hydrogen-bond acceptors (Lipinski definition) is 2. The van der Waals surface area contributed by atoms with Crippen molar-refractivity contribution in [1.29, 1.82) is 0 Å². The zero-order chi connectivity index (χ0) is 8.43. The monoisotopic (exact) mass is 158 g/mol. The van der Waals surface area contributed by atoms with Gasteiger partial charge >= 0.3 is 5.97 Å². The molecule has 64 valence electrons. The normalized spacial score (nSPS) is 26.3. The maximum atomic E-state index is 10.7. The van der Waals surface area contributed by atoms with Gasteiger partial charge in [-0.2, -0.15) is 0 Å². The lowest BCUT2D eigenvalue weighted by Crippen LogP contribution is -2.41. The van der Waals surface area contributed by atoms with E-state index in [0.717, 1.165) is 13.0 Å². The van der Waals surface area contributed by atoms with E-state index in [1.807, 2.05) is 13.8 Å². The third kappa shape index (κ3) is 1.71. The number of carbonyl (C=O) groups is 1. The summed E-state index contributed by atoms with van der Waals surface area (Å²) in [5.74, 6) is -0.883. The zero-order valence-corrected chi connectivity index (χ0v) is 6.91. The molecule has 0 aromatic heterocycles. The van der Waals surface area contributed by atoms with Crippen LogP contribution in [0, 0.1) is 11.8 Å². The lowest BCUT2D eigenvalue weighted by atomic mass is 9.87. The summed E-state index contributed by atoms with van der Waals surface area (Å²) in [4.78, 5) is 10.7. The standard InChI is InChI=1S/C8H14O3/c1-5(2)7(8(9)10)6-3-4-11-6/h5-7H,3-4H2,1-2H3,(H,9,10). The topological polar surface area (TPSA) is 46.5 Å². The van der Waals surface area contributed by atoms with Crippen molar-refractivity contribution in [3.63, 3.8) is 0 Å². The highest BCUT2D eigenvalue weighted by Crippen LogP contribution is 2.26. The predicted octanol–water partition coefficient (Wildman–Crippen LogP) is 1.13. The van der Waals surface area contributed by atoms with Crippen molar-refractivity contribution < 1.29 is 14.6 Å². The van der Waals surface area contributed by atoms with Gasteiger partial charge in [-0.1, -0.05) is 13.8 Å². The molecule has 1 N–H and O–H groups in total. The Morgan fingerprint density at radius 1 is 1.64 bits per heavy atom. The Hall–Kier alpha value is -0.570. The SMILES string of the molecule is CC(C)C(C(=O)O)C1CCO1. The second-order valence-corrected chi connectivity index (χ2v) is 3.31. The van der Waals surface area contributed by atoms with E-state index in [9.17, 15) is 4.79 Å². The fourth-order valence-corrected chi connectivity index (χ4v) is 1.41. The number of ether oxygens (including phenoxy) is 1. The number of hydrogen-bond donors (Lipinski definition) is 1. The third-order valence-corrected chi connectivity index (χ3v) is 2.14. The largest absolute Gasteiger partial charge is 0.481 e. The van der Waals surface area contributed by atoms with Crippen LogP contribution >= 0.6 is 0 Å².